The van der Waals surface area contributed by atoms with Gasteiger partial charge in [0.2, 0.25) is 0 Å². The van der Waals surface area contributed by atoms with Crippen molar-refractivity contribution >= 4 is 5.97 Å². The highest BCUT2D eigenvalue weighted by Crippen LogP contribution is 2.15. The zero-order valence-electron chi connectivity index (χ0n) is 17.7. The first-order chi connectivity index (χ1) is 14.2. The van der Waals surface area contributed by atoms with E-state index in [-0.39, 0.29) is 5.92 Å². The quantitative estimate of drug-likeness (QED) is 0.314. The molecule has 0 radical (unpaired) electrons. The molecule has 0 spiro atoms. The predicted molar refractivity (Wildman–Crippen MR) is 125 cm³/mol. The summed E-state index contributed by atoms with van der Waals surface area (Å²) in [7, 11) is 0. The van der Waals surface area contributed by atoms with Gasteiger partial charge < -0.3 is 5.11 Å². The van der Waals surface area contributed by atoms with E-state index in [1.165, 1.54) is 0 Å². The number of carboxylic acids is 1. The number of hydrogen-bond donors (Lipinski definition) is 1. The normalized spacial score (nSPS) is 13.6. The van der Waals surface area contributed by atoms with Crippen LogP contribution in [0.1, 0.15) is 57.4 Å². The van der Waals surface area contributed by atoms with E-state index in [1.807, 2.05) is 30.3 Å². The molecule has 0 amide bonds. The van der Waals surface area contributed by atoms with Gasteiger partial charge in [-0.05, 0) is 56.9 Å². The van der Waals surface area contributed by atoms with Gasteiger partial charge in [-0.2, -0.15) is 0 Å². The monoisotopic (exact) mass is 392 g/mol. The molecule has 0 aliphatic carbocycles. The van der Waals surface area contributed by atoms with Gasteiger partial charge in [-0.15, -0.1) is 0 Å². The summed E-state index contributed by atoms with van der Waals surface area (Å²) >= 11 is 0. The predicted octanol–water partition coefficient (Wildman–Crippen LogP) is 7.46. The van der Waals surface area contributed by atoms with Crippen molar-refractivity contribution in [1.82, 2.24) is 0 Å². The molecule has 0 aliphatic rings. The average molecular weight is 393 g/mol. The lowest BCUT2D eigenvalue weighted by atomic mass is 9.95. The van der Waals surface area contributed by atoms with Crippen LogP contribution in [0, 0.1) is 5.92 Å². The lowest BCUT2D eigenvalue weighted by Crippen LogP contribution is -2.16. The fourth-order valence-electron chi connectivity index (χ4n) is 2.88. The van der Waals surface area contributed by atoms with Crippen LogP contribution in [-0.2, 0) is 11.2 Å². The van der Waals surface area contributed by atoms with Gasteiger partial charge in [-0.3, -0.25) is 4.79 Å². The lowest BCUT2D eigenvalue weighted by Gasteiger charge is -2.10. The minimum atomic E-state index is -0.707. The molecule has 1 aromatic carbocycles. The summed E-state index contributed by atoms with van der Waals surface area (Å²) in [4.78, 5) is 11.4. The van der Waals surface area contributed by atoms with Crippen LogP contribution in [0.4, 0.5) is 0 Å². The highest BCUT2D eigenvalue weighted by Gasteiger charge is 2.16. The third kappa shape index (κ3) is 14.1. The van der Waals surface area contributed by atoms with Gasteiger partial charge in [0.25, 0.3) is 0 Å². The highest BCUT2D eigenvalue weighted by atomic mass is 16.4. The molecule has 1 aromatic rings. The fraction of sp³-hybridized carbons (Fsp3) is 0.370. The molecule has 0 aromatic heterocycles. The second kappa shape index (κ2) is 17.5. The van der Waals surface area contributed by atoms with E-state index in [9.17, 15) is 9.90 Å². The fourth-order valence-corrected chi connectivity index (χ4v) is 2.88. The van der Waals surface area contributed by atoms with Crippen molar-refractivity contribution in [2.24, 2.45) is 5.92 Å². The number of carboxylic acid groups (broad SMARTS) is 1. The first-order valence-electron chi connectivity index (χ1n) is 10.8. The summed E-state index contributed by atoms with van der Waals surface area (Å²) in [6, 6.07) is 9.85. The van der Waals surface area contributed by atoms with Gasteiger partial charge in [-0.25, -0.2) is 0 Å². The summed E-state index contributed by atoms with van der Waals surface area (Å²) in [5, 5.41) is 9.41. The van der Waals surface area contributed by atoms with Crippen LogP contribution in [0.2, 0.25) is 0 Å². The Balaban J connectivity index is 2.13. The second-order valence-corrected chi connectivity index (χ2v) is 7.01. The summed E-state index contributed by atoms with van der Waals surface area (Å²) in [5.74, 6) is -1.03. The van der Waals surface area contributed by atoms with Crippen LogP contribution >= 0.6 is 0 Å². The zero-order valence-corrected chi connectivity index (χ0v) is 17.7. The van der Waals surface area contributed by atoms with E-state index >= 15 is 0 Å². The molecule has 0 heterocycles. The summed E-state index contributed by atoms with van der Waals surface area (Å²) in [6.07, 6.45) is 28.7. The van der Waals surface area contributed by atoms with Crippen molar-refractivity contribution < 1.29 is 9.90 Å². The molecule has 1 atom stereocenters. The number of hydrogen-bond acceptors (Lipinski definition) is 1. The molecule has 0 aliphatic heterocycles. The molecule has 0 saturated heterocycles. The lowest BCUT2D eigenvalue weighted by molar-refractivity contribution is -0.141. The van der Waals surface area contributed by atoms with Gasteiger partial charge in [0, 0.05) is 0 Å². The van der Waals surface area contributed by atoms with Gasteiger partial charge in [0.15, 0.2) is 0 Å². The van der Waals surface area contributed by atoms with Crippen LogP contribution in [0.15, 0.2) is 91.1 Å². The molecule has 1 N–H and O–H groups in total. The Hall–Kier alpha value is -2.61. The van der Waals surface area contributed by atoms with Crippen LogP contribution in [-0.4, -0.2) is 11.1 Å². The molecule has 0 fully saturated rings. The smallest absolute Gasteiger partial charge is 0.306 e. The number of carbonyl (C=O) groups is 1. The Morgan fingerprint density at radius 1 is 0.793 bits per heavy atom. The molecule has 2 nitrogen and oxygen atoms in total. The van der Waals surface area contributed by atoms with Crippen molar-refractivity contribution in [2.45, 2.75) is 58.3 Å². The standard InChI is InChI=1S/C27H36O2/c1-2-3-4-5-6-7-8-9-10-11-12-13-14-15-16-20-23-26(27(28)29)24-25-21-18-17-19-22-25/h3-4,6-7,9-10,12-13,15-19,21-22,26H,2,5,8,11,14,20,23-24H2,1H3,(H,28,29)/b4-3-,7-6-,10-9-,13-12-,16-15-. The largest absolute Gasteiger partial charge is 0.481 e. The van der Waals surface area contributed by atoms with E-state index in [2.05, 4.69) is 67.7 Å². The van der Waals surface area contributed by atoms with Gasteiger partial charge in [-0.1, -0.05) is 98.0 Å². The Morgan fingerprint density at radius 3 is 1.76 bits per heavy atom. The van der Waals surface area contributed by atoms with Crippen molar-refractivity contribution in [2.75, 3.05) is 0 Å². The zero-order chi connectivity index (χ0) is 21.0. The molecule has 0 saturated carbocycles. The molecule has 29 heavy (non-hydrogen) atoms. The van der Waals surface area contributed by atoms with Crippen LogP contribution in [0.25, 0.3) is 0 Å². The highest BCUT2D eigenvalue weighted by molar-refractivity contribution is 5.70. The Labute approximate surface area is 177 Å². The maximum atomic E-state index is 11.4. The summed E-state index contributed by atoms with van der Waals surface area (Å²) in [5.41, 5.74) is 1.09. The van der Waals surface area contributed by atoms with E-state index in [0.717, 1.165) is 44.1 Å². The SMILES string of the molecule is CC/C=C\C/C=C\C/C=C\C/C=C\C/C=C\CCC(Cc1ccccc1)C(=O)O. The molecular formula is C27H36O2. The Kier molecular flexibility index (Phi) is 14.7. The number of aliphatic carboxylic acids is 1. The van der Waals surface area contributed by atoms with Crippen molar-refractivity contribution in [1.29, 1.82) is 0 Å². The average Bonchev–Trinajstić information content (AvgIpc) is 2.73. The van der Waals surface area contributed by atoms with Crippen molar-refractivity contribution in [3.05, 3.63) is 96.7 Å². The number of allylic oxidation sites excluding steroid dienone is 10. The molecular weight excluding hydrogens is 356 g/mol. The molecule has 1 rings (SSSR count). The maximum absolute atomic E-state index is 11.4. The molecule has 1 unspecified atom stereocenters. The first kappa shape index (κ1) is 24.4. The number of benzene rings is 1. The summed E-state index contributed by atoms with van der Waals surface area (Å²) < 4.78 is 0. The molecule has 0 bridgehead atoms. The van der Waals surface area contributed by atoms with E-state index in [4.69, 9.17) is 0 Å². The Morgan fingerprint density at radius 2 is 1.28 bits per heavy atom. The molecule has 2 heteroatoms. The van der Waals surface area contributed by atoms with Crippen molar-refractivity contribution in [3.63, 3.8) is 0 Å². The third-order valence-corrected chi connectivity index (χ3v) is 4.51. The minimum Gasteiger partial charge on any atom is -0.481 e. The minimum absolute atomic E-state index is 0.320. The van der Waals surface area contributed by atoms with Crippen molar-refractivity contribution in [3.8, 4) is 0 Å². The maximum Gasteiger partial charge on any atom is 0.306 e. The van der Waals surface area contributed by atoms with Gasteiger partial charge >= 0.3 is 5.97 Å². The first-order valence-corrected chi connectivity index (χ1v) is 10.8. The number of rotatable bonds is 15. The van der Waals surface area contributed by atoms with Gasteiger partial charge in [0.1, 0.15) is 0 Å². The topological polar surface area (TPSA) is 37.3 Å². The van der Waals surface area contributed by atoms with E-state index < -0.39 is 5.97 Å². The third-order valence-electron chi connectivity index (χ3n) is 4.51. The van der Waals surface area contributed by atoms with E-state index in [1.54, 1.807) is 0 Å². The van der Waals surface area contributed by atoms with E-state index in [0.29, 0.717) is 12.8 Å². The van der Waals surface area contributed by atoms with Crippen LogP contribution < -0.4 is 0 Å². The summed E-state index contributed by atoms with van der Waals surface area (Å²) in [6.45, 7) is 2.15. The van der Waals surface area contributed by atoms with Gasteiger partial charge in [0.05, 0.1) is 5.92 Å². The second-order valence-electron chi connectivity index (χ2n) is 7.01. The Bertz CT molecular complexity index is 678. The molecule has 156 valence electrons. The van der Waals surface area contributed by atoms with Crippen LogP contribution in [0.3, 0.4) is 0 Å². The van der Waals surface area contributed by atoms with Crippen LogP contribution in [0.5, 0.6) is 0 Å².